The monoisotopic (exact) mass is 161 g/mol. The number of nitrogens with two attached hydrogens (primary N) is 1. The molecule has 0 aromatic heterocycles. The summed E-state index contributed by atoms with van der Waals surface area (Å²) in [6.07, 6.45) is 0.250. The maximum atomic E-state index is 10.2. The first-order valence-electron chi connectivity index (χ1n) is 3.18. The van der Waals surface area contributed by atoms with Crippen LogP contribution in [0.2, 0.25) is 0 Å². The van der Waals surface area contributed by atoms with Crippen LogP contribution < -0.4 is 5.73 Å². The highest BCUT2D eigenvalue weighted by Crippen LogP contribution is 2.05. The minimum Gasteiger partial charge on any atom is -0.460 e. The van der Waals surface area contributed by atoms with Gasteiger partial charge in [0.05, 0.1) is 0 Å². The van der Waals surface area contributed by atoms with Crippen molar-refractivity contribution in [3.05, 3.63) is 0 Å². The zero-order valence-electron chi connectivity index (χ0n) is 7.38. The van der Waals surface area contributed by atoms with E-state index in [1.54, 1.807) is 0 Å². The normalized spacial score (nSPS) is 9.09. The highest BCUT2D eigenvalue weighted by Gasteiger charge is 2.11. The van der Waals surface area contributed by atoms with Crippen molar-refractivity contribution in [2.45, 2.75) is 33.3 Å². The van der Waals surface area contributed by atoms with Gasteiger partial charge >= 0.3 is 5.97 Å². The summed E-state index contributed by atoms with van der Waals surface area (Å²) in [6, 6.07) is 0. The number of primary amides is 1. The van der Waals surface area contributed by atoms with Gasteiger partial charge in [0.2, 0.25) is 6.41 Å². The Morgan fingerprint density at radius 2 is 1.73 bits per heavy atom. The molecule has 0 aromatic rings. The molecular weight excluding hydrogens is 146 g/mol. The Labute approximate surface area is 66.7 Å². The van der Waals surface area contributed by atoms with Gasteiger partial charge in [0.25, 0.3) is 0 Å². The second-order valence-corrected chi connectivity index (χ2v) is 2.84. The first-order valence-corrected chi connectivity index (χ1v) is 3.18. The van der Waals surface area contributed by atoms with E-state index in [1.165, 1.54) is 6.92 Å². The molecule has 0 aliphatic carbocycles. The van der Waals surface area contributed by atoms with Crippen molar-refractivity contribution >= 4 is 12.4 Å². The smallest absolute Gasteiger partial charge is 0.303 e. The molecule has 4 heteroatoms. The molecule has 2 N–H and O–H groups in total. The Morgan fingerprint density at radius 1 is 1.45 bits per heavy atom. The largest absolute Gasteiger partial charge is 0.460 e. The number of esters is 1. The molecule has 0 aliphatic rings. The molecule has 66 valence electrons. The summed E-state index contributed by atoms with van der Waals surface area (Å²) in [5.41, 5.74) is 3.84. The maximum absolute atomic E-state index is 10.2. The number of carbonyl (C=O) groups is 2. The topological polar surface area (TPSA) is 69.4 Å². The molecule has 0 radical (unpaired) electrons. The standard InChI is InChI=1S/C6H12O2.CH3NO/c1-5(7)8-6(2,3)4;2-1-3/h1-4H3;1H,(H2,2,3). The van der Waals surface area contributed by atoms with Gasteiger partial charge in [0.15, 0.2) is 0 Å². The van der Waals surface area contributed by atoms with Crippen LogP contribution in [0.25, 0.3) is 0 Å². The number of amides is 1. The van der Waals surface area contributed by atoms with Gasteiger partial charge in [0.1, 0.15) is 5.60 Å². The van der Waals surface area contributed by atoms with Crippen molar-refractivity contribution in [3.63, 3.8) is 0 Å². The second kappa shape index (κ2) is 5.70. The van der Waals surface area contributed by atoms with E-state index in [0.29, 0.717) is 0 Å². The van der Waals surface area contributed by atoms with Crippen LogP contribution in [-0.4, -0.2) is 18.0 Å². The number of hydrogen-bond donors (Lipinski definition) is 1. The SMILES string of the molecule is CC(=O)OC(C)(C)C.NC=O. The molecule has 11 heavy (non-hydrogen) atoms. The number of ether oxygens (including phenoxy) is 1. The van der Waals surface area contributed by atoms with E-state index in [9.17, 15) is 4.79 Å². The molecule has 0 bridgehead atoms. The summed E-state index contributed by atoms with van der Waals surface area (Å²) in [6.45, 7) is 6.93. The highest BCUT2D eigenvalue weighted by molar-refractivity contribution is 5.66. The lowest BCUT2D eigenvalue weighted by Crippen LogP contribution is -2.21. The summed E-state index contributed by atoms with van der Waals surface area (Å²) in [7, 11) is 0. The number of rotatable bonds is 0. The van der Waals surface area contributed by atoms with Crippen LogP contribution in [0.5, 0.6) is 0 Å². The van der Waals surface area contributed by atoms with Gasteiger partial charge in [-0.2, -0.15) is 0 Å². The predicted molar refractivity (Wildman–Crippen MR) is 41.8 cm³/mol. The first-order chi connectivity index (χ1) is 4.83. The van der Waals surface area contributed by atoms with Gasteiger partial charge in [-0.05, 0) is 20.8 Å². The van der Waals surface area contributed by atoms with Gasteiger partial charge in [-0.15, -0.1) is 0 Å². The lowest BCUT2D eigenvalue weighted by molar-refractivity contribution is -0.151. The molecule has 0 spiro atoms. The molecule has 1 amide bonds. The van der Waals surface area contributed by atoms with E-state index in [4.69, 9.17) is 9.53 Å². The molecule has 4 nitrogen and oxygen atoms in total. The lowest BCUT2D eigenvalue weighted by atomic mass is 10.2. The fourth-order valence-electron chi connectivity index (χ4n) is 0.431. The zero-order chi connectivity index (χ0) is 9.49. The minimum atomic E-state index is -0.328. The zero-order valence-corrected chi connectivity index (χ0v) is 7.38. The van der Waals surface area contributed by atoms with E-state index >= 15 is 0 Å². The van der Waals surface area contributed by atoms with Gasteiger partial charge in [-0.1, -0.05) is 0 Å². The van der Waals surface area contributed by atoms with Crippen molar-refractivity contribution in [2.24, 2.45) is 5.73 Å². The Balaban J connectivity index is 0. The highest BCUT2D eigenvalue weighted by atomic mass is 16.6. The van der Waals surface area contributed by atoms with Gasteiger partial charge in [-0.25, -0.2) is 0 Å². The van der Waals surface area contributed by atoms with Crippen LogP contribution in [0.3, 0.4) is 0 Å². The van der Waals surface area contributed by atoms with Crippen molar-refractivity contribution in [1.82, 2.24) is 0 Å². The van der Waals surface area contributed by atoms with E-state index in [1.807, 2.05) is 20.8 Å². The molecule has 0 saturated carbocycles. The molecule has 0 aliphatic heterocycles. The molecule has 0 saturated heterocycles. The van der Waals surface area contributed by atoms with Crippen molar-refractivity contribution in [3.8, 4) is 0 Å². The van der Waals surface area contributed by atoms with Gasteiger partial charge < -0.3 is 10.5 Å². The van der Waals surface area contributed by atoms with Gasteiger partial charge in [-0.3, -0.25) is 9.59 Å². The Hall–Kier alpha value is -1.06. The van der Waals surface area contributed by atoms with Crippen molar-refractivity contribution in [2.75, 3.05) is 0 Å². The lowest BCUT2D eigenvalue weighted by Gasteiger charge is -2.17. The fourth-order valence-corrected chi connectivity index (χ4v) is 0.431. The molecule has 0 heterocycles. The summed E-state index contributed by atoms with van der Waals surface area (Å²) < 4.78 is 4.80. The van der Waals surface area contributed by atoms with Crippen LogP contribution in [0.4, 0.5) is 0 Å². The van der Waals surface area contributed by atoms with Gasteiger partial charge in [0, 0.05) is 6.92 Å². The fraction of sp³-hybridized carbons (Fsp3) is 0.714. The first kappa shape index (κ1) is 12.6. The van der Waals surface area contributed by atoms with Crippen LogP contribution in [-0.2, 0) is 14.3 Å². The average Bonchev–Trinajstić information content (AvgIpc) is 1.57. The quantitative estimate of drug-likeness (QED) is 0.414. The average molecular weight is 161 g/mol. The Bertz CT molecular complexity index is 126. The van der Waals surface area contributed by atoms with E-state index in [2.05, 4.69) is 5.73 Å². The summed E-state index contributed by atoms with van der Waals surface area (Å²) in [5.74, 6) is -0.225. The molecule has 0 fully saturated rings. The van der Waals surface area contributed by atoms with Crippen molar-refractivity contribution in [1.29, 1.82) is 0 Å². The van der Waals surface area contributed by atoms with E-state index in [0.717, 1.165) is 0 Å². The maximum Gasteiger partial charge on any atom is 0.303 e. The minimum absolute atomic E-state index is 0.225. The Kier molecular flexibility index (Phi) is 6.53. The van der Waals surface area contributed by atoms with Crippen LogP contribution in [0.15, 0.2) is 0 Å². The summed E-state index contributed by atoms with van der Waals surface area (Å²) in [5, 5.41) is 0. The second-order valence-electron chi connectivity index (χ2n) is 2.84. The van der Waals surface area contributed by atoms with Crippen LogP contribution in [0, 0.1) is 0 Å². The molecule has 0 unspecified atom stereocenters. The third-order valence-corrected chi connectivity index (χ3v) is 0.450. The third kappa shape index (κ3) is 27.7. The van der Waals surface area contributed by atoms with E-state index < -0.39 is 0 Å². The predicted octanol–water partition coefficient (Wildman–Crippen LogP) is 0.450. The van der Waals surface area contributed by atoms with Crippen LogP contribution in [0.1, 0.15) is 27.7 Å². The Morgan fingerprint density at radius 3 is 1.73 bits per heavy atom. The molecule has 0 atom stereocenters. The summed E-state index contributed by atoms with van der Waals surface area (Å²) >= 11 is 0. The van der Waals surface area contributed by atoms with Crippen LogP contribution >= 0.6 is 0 Å². The van der Waals surface area contributed by atoms with E-state index in [-0.39, 0.29) is 18.0 Å². The molecule has 0 rings (SSSR count). The molecule has 0 aromatic carbocycles. The van der Waals surface area contributed by atoms with Crippen molar-refractivity contribution < 1.29 is 14.3 Å². The summed E-state index contributed by atoms with van der Waals surface area (Å²) in [4.78, 5) is 18.8. The number of hydrogen-bond acceptors (Lipinski definition) is 3. The number of carbonyl (C=O) groups excluding carboxylic acids is 2. The molecular formula is C7H15NO3. The third-order valence-electron chi connectivity index (χ3n) is 0.450.